The lowest BCUT2D eigenvalue weighted by Crippen LogP contribution is -2.30. The number of pyridine rings is 1. The lowest BCUT2D eigenvalue weighted by atomic mass is 10.0. The number of aromatic nitrogens is 2. The molecule has 3 heterocycles. The summed E-state index contributed by atoms with van der Waals surface area (Å²) in [7, 11) is 0. The number of carbonyl (C=O) groups excluding carboxylic acids is 1. The molecule has 10 nitrogen and oxygen atoms in total. The second kappa shape index (κ2) is 10.7. The van der Waals surface area contributed by atoms with Gasteiger partial charge in [0, 0.05) is 36.9 Å². The molecular formula is C28H30N4O6. The molecule has 0 bridgehead atoms. The topological polar surface area (TPSA) is 142 Å². The SMILES string of the molecule is CC(C)c1ccc(-n2cccc(C(O)C(=O)Nc3ccc4c(N)noc4c3)c2=O)cc1OC1CCOCC1. The molecular weight excluding hydrogens is 488 g/mol. The van der Waals surface area contributed by atoms with Crippen LogP contribution in [0.4, 0.5) is 11.5 Å². The van der Waals surface area contributed by atoms with E-state index >= 15 is 0 Å². The molecule has 1 aliphatic rings. The number of carbonyl (C=O) groups is 1. The minimum Gasteiger partial charge on any atom is -0.490 e. The van der Waals surface area contributed by atoms with Crippen LogP contribution < -0.4 is 21.3 Å². The summed E-state index contributed by atoms with van der Waals surface area (Å²) in [6.45, 7) is 5.48. The van der Waals surface area contributed by atoms with Crippen LogP contribution in [0, 0.1) is 0 Å². The van der Waals surface area contributed by atoms with Crippen LogP contribution in [0.25, 0.3) is 16.7 Å². The number of nitrogens with zero attached hydrogens (tertiary/aromatic N) is 2. The predicted molar refractivity (Wildman–Crippen MR) is 143 cm³/mol. The van der Waals surface area contributed by atoms with E-state index in [1.165, 1.54) is 10.6 Å². The summed E-state index contributed by atoms with van der Waals surface area (Å²) in [6, 6.07) is 13.5. The Hall–Kier alpha value is -4.15. The first-order valence-electron chi connectivity index (χ1n) is 12.6. The summed E-state index contributed by atoms with van der Waals surface area (Å²) in [5.74, 6) is 0.416. The third-order valence-electron chi connectivity index (χ3n) is 6.65. The second-order valence-corrected chi connectivity index (χ2v) is 9.62. The molecule has 1 unspecified atom stereocenters. The Balaban J connectivity index is 1.40. The molecule has 1 atom stereocenters. The van der Waals surface area contributed by atoms with Crippen LogP contribution in [0.1, 0.15) is 49.8 Å². The maximum atomic E-state index is 13.4. The third-order valence-corrected chi connectivity index (χ3v) is 6.65. The minimum atomic E-state index is -1.70. The molecule has 10 heteroatoms. The number of hydrogen-bond donors (Lipinski definition) is 3. The van der Waals surface area contributed by atoms with Gasteiger partial charge in [-0.1, -0.05) is 25.1 Å². The van der Waals surface area contributed by atoms with Gasteiger partial charge in [-0.15, -0.1) is 0 Å². The number of nitrogens with one attached hydrogen (secondary N) is 1. The lowest BCUT2D eigenvalue weighted by Gasteiger charge is -2.26. The first-order valence-corrected chi connectivity index (χ1v) is 12.6. The molecule has 0 aliphatic carbocycles. The zero-order valence-electron chi connectivity index (χ0n) is 21.2. The maximum absolute atomic E-state index is 13.4. The fraction of sp³-hybridized carbons (Fsp3) is 0.321. The van der Waals surface area contributed by atoms with E-state index < -0.39 is 17.6 Å². The molecule has 0 spiro atoms. The van der Waals surface area contributed by atoms with Gasteiger partial charge in [-0.2, -0.15) is 0 Å². The van der Waals surface area contributed by atoms with Gasteiger partial charge < -0.3 is 30.2 Å². The monoisotopic (exact) mass is 518 g/mol. The molecule has 0 radical (unpaired) electrons. The van der Waals surface area contributed by atoms with Crippen LogP contribution in [0.15, 0.2) is 64.0 Å². The van der Waals surface area contributed by atoms with E-state index in [4.69, 9.17) is 19.7 Å². The van der Waals surface area contributed by atoms with Crippen LogP contribution in [0.5, 0.6) is 5.75 Å². The number of fused-ring (bicyclic) bond motifs is 1. The van der Waals surface area contributed by atoms with Crippen molar-refractivity contribution in [3.05, 3.63) is 76.2 Å². The Bertz CT molecular complexity index is 1520. The molecule has 2 aromatic heterocycles. The van der Waals surface area contributed by atoms with Crippen LogP contribution >= 0.6 is 0 Å². The minimum absolute atomic E-state index is 0.0395. The highest BCUT2D eigenvalue weighted by Crippen LogP contribution is 2.31. The molecule has 4 aromatic rings. The van der Waals surface area contributed by atoms with Crippen molar-refractivity contribution in [2.24, 2.45) is 0 Å². The molecule has 38 heavy (non-hydrogen) atoms. The highest BCUT2D eigenvalue weighted by molar-refractivity contribution is 5.97. The van der Waals surface area contributed by atoms with Crippen molar-refractivity contribution < 1.29 is 23.9 Å². The van der Waals surface area contributed by atoms with Crippen molar-refractivity contribution in [1.82, 2.24) is 9.72 Å². The van der Waals surface area contributed by atoms with Gasteiger partial charge in [-0.05, 0) is 41.8 Å². The van der Waals surface area contributed by atoms with E-state index in [1.54, 1.807) is 30.5 Å². The fourth-order valence-corrected chi connectivity index (χ4v) is 4.53. The van der Waals surface area contributed by atoms with Crippen LogP contribution in [-0.2, 0) is 9.53 Å². The van der Waals surface area contributed by atoms with Crippen molar-refractivity contribution >= 4 is 28.4 Å². The highest BCUT2D eigenvalue weighted by Gasteiger charge is 2.23. The number of benzene rings is 2. The van der Waals surface area contributed by atoms with E-state index in [0.29, 0.717) is 41.3 Å². The number of aliphatic hydroxyl groups excluding tert-OH is 1. The van der Waals surface area contributed by atoms with E-state index in [9.17, 15) is 14.7 Å². The van der Waals surface area contributed by atoms with Crippen LogP contribution in [0.3, 0.4) is 0 Å². The Morgan fingerprint density at radius 1 is 1.16 bits per heavy atom. The fourth-order valence-electron chi connectivity index (χ4n) is 4.53. The summed E-state index contributed by atoms with van der Waals surface area (Å²) < 4.78 is 18.3. The third kappa shape index (κ3) is 5.13. The van der Waals surface area contributed by atoms with Gasteiger partial charge in [0.2, 0.25) is 0 Å². The van der Waals surface area contributed by atoms with Gasteiger partial charge in [0.05, 0.1) is 29.9 Å². The molecule has 1 aliphatic heterocycles. The number of rotatable bonds is 7. The summed E-state index contributed by atoms with van der Waals surface area (Å²) in [6.07, 6.45) is 1.54. The highest BCUT2D eigenvalue weighted by atomic mass is 16.5. The maximum Gasteiger partial charge on any atom is 0.261 e. The first-order chi connectivity index (χ1) is 18.3. The van der Waals surface area contributed by atoms with E-state index in [1.807, 2.05) is 18.2 Å². The van der Waals surface area contributed by atoms with Crippen molar-refractivity contribution in [1.29, 1.82) is 0 Å². The van der Waals surface area contributed by atoms with Crippen LogP contribution in [0.2, 0.25) is 0 Å². The van der Waals surface area contributed by atoms with Crippen molar-refractivity contribution in [3.63, 3.8) is 0 Å². The molecule has 1 saturated heterocycles. The molecule has 198 valence electrons. The molecule has 0 saturated carbocycles. The number of ether oxygens (including phenoxy) is 2. The van der Waals surface area contributed by atoms with Gasteiger partial charge >= 0.3 is 0 Å². The Morgan fingerprint density at radius 3 is 2.71 bits per heavy atom. The summed E-state index contributed by atoms with van der Waals surface area (Å²) in [4.78, 5) is 26.2. The molecule has 2 aromatic carbocycles. The van der Waals surface area contributed by atoms with Gasteiger partial charge in [0.15, 0.2) is 17.5 Å². The Morgan fingerprint density at radius 2 is 1.95 bits per heavy atom. The Kier molecular flexibility index (Phi) is 7.17. The zero-order valence-corrected chi connectivity index (χ0v) is 21.2. The van der Waals surface area contributed by atoms with Crippen LogP contribution in [-0.4, -0.2) is 40.1 Å². The summed E-state index contributed by atoms with van der Waals surface area (Å²) in [5.41, 5.74) is 7.52. The average molecular weight is 519 g/mol. The van der Waals surface area contributed by atoms with Crippen molar-refractivity contribution in [3.8, 4) is 11.4 Å². The number of amides is 1. The molecule has 5 rings (SSSR count). The number of hydrogen-bond acceptors (Lipinski definition) is 8. The zero-order chi connectivity index (χ0) is 26.8. The van der Waals surface area contributed by atoms with Gasteiger partial charge in [0.1, 0.15) is 11.9 Å². The molecule has 1 amide bonds. The summed E-state index contributed by atoms with van der Waals surface area (Å²) >= 11 is 0. The van der Waals surface area contributed by atoms with Gasteiger partial charge in [-0.25, -0.2) is 0 Å². The van der Waals surface area contributed by atoms with Crippen molar-refractivity contribution in [2.75, 3.05) is 24.3 Å². The Labute approximate surface area is 218 Å². The van der Waals surface area contributed by atoms with E-state index in [-0.39, 0.29) is 23.4 Å². The average Bonchev–Trinajstić information content (AvgIpc) is 3.28. The first kappa shape index (κ1) is 25.5. The number of nitrogen functional groups attached to an aromatic ring is 1. The molecule has 1 fully saturated rings. The second-order valence-electron chi connectivity index (χ2n) is 9.62. The largest absolute Gasteiger partial charge is 0.490 e. The number of anilines is 2. The van der Waals surface area contributed by atoms with Gasteiger partial charge in [0.25, 0.3) is 11.5 Å². The number of aliphatic hydroxyl groups is 1. The van der Waals surface area contributed by atoms with Gasteiger partial charge in [-0.3, -0.25) is 14.2 Å². The standard InChI is InChI=1S/C28H30N4O6/c1-16(2)20-8-6-18(15-23(20)37-19-9-12-36-13-10-19)32-11-3-4-22(28(32)35)25(33)27(34)30-17-5-7-21-24(14-17)38-31-26(21)29/h3-8,11,14-16,19,25,33H,9-10,12-13H2,1-2H3,(H2,29,31)(H,30,34). The summed E-state index contributed by atoms with van der Waals surface area (Å²) in [5, 5.41) is 17.7. The number of nitrogens with two attached hydrogens (primary N) is 1. The normalized spacial score (nSPS) is 15.1. The van der Waals surface area contributed by atoms with Crippen molar-refractivity contribution in [2.45, 2.75) is 44.8 Å². The predicted octanol–water partition coefficient (Wildman–Crippen LogP) is 3.91. The smallest absolute Gasteiger partial charge is 0.261 e. The lowest BCUT2D eigenvalue weighted by molar-refractivity contribution is -0.124. The quantitative estimate of drug-likeness (QED) is 0.334. The molecule has 4 N–H and O–H groups in total. The van der Waals surface area contributed by atoms with E-state index in [2.05, 4.69) is 24.3 Å². The van der Waals surface area contributed by atoms with E-state index in [0.717, 1.165) is 18.4 Å².